The minimum Gasteiger partial charge on any atom is -0.508 e. The fraction of sp³-hybridized carbons (Fsp3) is 0.235. The summed E-state index contributed by atoms with van der Waals surface area (Å²) in [7, 11) is 0. The lowest BCUT2D eigenvalue weighted by Gasteiger charge is -2.09. The van der Waals surface area contributed by atoms with Crippen molar-refractivity contribution in [3.8, 4) is 17.6 Å². The van der Waals surface area contributed by atoms with Crippen molar-refractivity contribution in [2.75, 3.05) is 5.32 Å². The molecule has 8 heteroatoms. The molecule has 1 aliphatic carbocycles. The summed E-state index contributed by atoms with van der Waals surface area (Å²) in [5.41, 5.74) is 4.32. The van der Waals surface area contributed by atoms with E-state index in [1.165, 1.54) is 35.8 Å². The van der Waals surface area contributed by atoms with Gasteiger partial charge in [-0.1, -0.05) is 0 Å². The third-order valence-electron chi connectivity index (χ3n) is 3.81. The zero-order chi connectivity index (χ0) is 17.8. The molecule has 0 fully saturated rings. The first-order chi connectivity index (χ1) is 12.1. The number of phenolic OH excluding ortho intramolecular Hbond substituents is 2. The third kappa shape index (κ3) is 3.89. The summed E-state index contributed by atoms with van der Waals surface area (Å²) < 4.78 is 0. The Kier molecular flexibility index (Phi) is 4.86. The molecule has 7 nitrogen and oxygen atoms in total. The van der Waals surface area contributed by atoms with Crippen LogP contribution >= 0.6 is 11.3 Å². The van der Waals surface area contributed by atoms with Gasteiger partial charge in [0.05, 0.1) is 11.8 Å². The number of nitrogens with one attached hydrogen (secondary N) is 2. The maximum absolute atomic E-state index is 12.0. The molecule has 1 aliphatic rings. The van der Waals surface area contributed by atoms with Crippen LogP contribution in [-0.4, -0.2) is 22.5 Å². The number of hydrazone groups is 1. The van der Waals surface area contributed by atoms with Gasteiger partial charge in [-0.3, -0.25) is 5.32 Å². The van der Waals surface area contributed by atoms with E-state index in [2.05, 4.69) is 21.9 Å². The number of thiophene rings is 1. The SMILES string of the molecule is N#Cc1c(NC(=O)N/N=C/c2cc(O)cc(O)c2)sc2c1CCCC2. The van der Waals surface area contributed by atoms with Gasteiger partial charge in [-0.05, 0) is 43.4 Å². The van der Waals surface area contributed by atoms with Gasteiger partial charge >= 0.3 is 6.03 Å². The number of aromatic hydroxyl groups is 2. The standard InChI is InChI=1S/C17H16N4O3S/c18-8-14-13-3-1-2-4-15(13)25-16(14)20-17(24)21-19-9-10-5-11(22)7-12(23)6-10/h5-7,9,22-23H,1-4H2,(H2,20,21,24)/b19-9+. The van der Waals surface area contributed by atoms with Crippen molar-refractivity contribution in [3.63, 3.8) is 0 Å². The Labute approximate surface area is 148 Å². The lowest BCUT2D eigenvalue weighted by Crippen LogP contribution is -2.24. The highest BCUT2D eigenvalue weighted by molar-refractivity contribution is 7.16. The number of phenols is 2. The van der Waals surface area contributed by atoms with E-state index in [-0.39, 0.29) is 11.5 Å². The van der Waals surface area contributed by atoms with E-state index in [0.29, 0.717) is 16.1 Å². The molecule has 0 spiro atoms. The number of aryl methyl sites for hydroxylation is 1. The largest absolute Gasteiger partial charge is 0.508 e. The molecule has 3 rings (SSSR count). The lowest BCUT2D eigenvalue weighted by molar-refractivity contribution is 0.252. The number of urea groups is 1. The molecule has 2 aromatic rings. The zero-order valence-electron chi connectivity index (χ0n) is 13.2. The van der Waals surface area contributed by atoms with Crippen LogP contribution in [0.5, 0.6) is 11.5 Å². The van der Waals surface area contributed by atoms with E-state index < -0.39 is 6.03 Å². The second kappa shape index (κ2) is 7.23. The Balaban J connectivity index is 1.66. The predicted molar refractivity (Wildman–Crippen MR) is 95.2 cm³/mol. The third-order valence-corrected chi connectivity index (χ3v) is 5.02. The minimum atomic E-state index is -0.560. The van der Waals surface area contributed by atoms with Crippen molar-refractivity contribution in [1.82, 2.24) is 5.43 Å². The summed E-state index contributed by atoms with van der Waals surface area (Å²) in [4.78, 5) is 13.1. The molecule has 0 saturated heterocycles. The summed E-state index contributed by atoms with van der Waals surface area (Å²) in [6.07, 6.45) is 5.27. The molecule has 0 bridgehead atoms. The first-order valence-electron chi connectivity index (χ1n) is 7.74. The van der Waals surface area contributed by atoms with Gasteiger partial charge in [0.15, 0.2) is 0 Å². The smallest absolute Gasteiger partial charge is 0.340 e. The normalized spacial score (nSPS) is 13.2. The summed E-state index contributed by atoms with van der Waals surface area (Å²) in [5.74, 6) is -0.206. The van der Waals surface area contributed by atoms with Gasteiger partial charge in [-0.15, -0.1) is 11.3 Å². The van der Waals surface area contributed by atoms with Crippen LogP contribution < -0.4 is 10.7 Å². The van der Waals surface area contributed by atoms with Crippen molar-refractivity contribution in [3.05, 3.63) is 39.8 Å². The fourth-order valence-electron chi connectivity index (χ4n) is 2.76. The molecular formula is C17H16N4O3S. The van der Waals surface area contributed by atoms with E-state index in [0.717, 1.165) is 36.1 Å². The van der Waals surface area contributed by atoms with Gasteiger partial charge < -0.3 is 10.2 Å². The molecule has 1 aromatic heterocycles. The number of anilines is 1. The highest BCUT2D eigenvalue weighted by atomic mass is 32.1. The second-order valence-corrected chi connectivity index (χ2v) is 6.74. The number of hydrogen-bond donors (Lipinski definition) is 4. The van der Waals surface area contributed by atoms with E-state index in [1.807, 2.05) is 0 Å². The maximum Gasteiger partial charge on any atom is 0.340 e. The number of nitriles is 1. The van der Waals surface area contributed by atoms with Crippen molar-refractivity contribution in [2.24, 2.45) is 5.10 Å². The Morgan fingerprint density at radius 2 is 1.96 bits per heavy atom. The average Bonchev–Trinajstić information content (AvgIpc) is 2.90. The van der Waals surface area contributed by atoms with Crippen molar-refractivity contribution in [1.29, 1.82) is 5.26 Å². The number of carbonyl (C=O) groups is 1. The van der Waals surface area contributed by atoms with Gasteiger partial charge in [-0.25, -0.2) is 10.2 Å². The van der Waals surface area contributed by atoms with Gasteiger partial charge in [0.25, 0.3) is 0 Å². The number of nitrogens with zero attached hydrogens (tertiary/aromatic N) is 2. The van der Waals surface area contributed by atoms with E-state index in [9.17, 15) is 20.3 Å². The van der Waals surface area contributed by atoms with Gasteiger partial charge in [-0.2, -0.15) is 10.4 Å². The monoisotopic (exact) mass is 356 g/mol. The zero-order valence-corrected chi connectivity index (χ0v) is 14.1. The van der Waals surface area contributed by atoms with Crippen LogP contribution in [0.1, 0.15) is 34.4 Å². The predicted octanol–water partition coefficient (Wildman–Crippen LogP) is 3.07. The van der Waals surface area contributed by atoms with Gasteiger partial charge in [0, 0.05) is 16.5 Å². The average molecular weight is 356 g/mol. The Hall–Kier alpha value is -3.05. The van der Waals surface area contributed by atoms with E-state index in [1.54, 1.807) is 0 Å². The van der Waals surface area contributed by atoms with Crippen LogP contribution in [0.25, 0.3) is 0 Å². The summed E-state index contributed by atoms with van der Waals surface area (Å²) >= 11 is 1.44. The quantitative estimate of drug-likeness (QED) is 0.499. The van der Waals surface area contributed by atoms with Crippen LogP contribution in [0.3, 0.4) is 0 Å². The van der Waals surface area contributed by atoms with Crippen molar-refractivity contribution < 1.29 is 15.0 Å². The van der Waals surface area contributed by atoms with Crippen LogP contribution in [0, 0.1) is 11.3 Å². The maximum atomic E-state index is 12.0. The van der Waals surface area contributed by atoms with E-state index >= 15 is 0 Å². The van der Waals surface area contributed by atoms with Crippen LogP contribution in [0.4, 0.5) is 9.80 Å². The summed E-state index contributed by atoms with van der Waals surface area (Å²) in [6.45, 7) is 0. The van der Waals surface area contributed by atoms with Crippen molar-refractivity contribution >= 4 is 28.6 Å². The minimum absolute atomic E-state index is 0.103. The topological polar surface area (TPSA) is 118 Å². The summed E-state index contributed by atoms with van der Waals surface area (Å²) in [6, 6.07) is 5.60. The molecule has 1 aromatic carbocycles. The number of carbonyl (C=O) groups excluding carboxylic acids is 1. The molecule has 4 N–H and O–H groups in total. The molecule has 0 saturated carbocycles. The molecular weight excluding hydrogens is 340 g/mol. The fourth-order valence-corrected chi connectivity index (χ4v) is 4.00. The number of fused-ring (bicyclic) bond motifs is 1. The number of hydrogen-bond acceptors (Lipinski definition) is 6. The van der Waals surface area contributed by atoms with Gasteiger partial charge in [0.1, 0.15) is 22.6 Å². The molecule has 1 heterocycles. The van der Waals surface area contributed by atoms with Crippen molar-refractivity contribution in [2.45, 2.75) is 25.7 Å². The number of benzene rings is 1. The van der Waals surface area contributed by atoms with E-state index in [4.69, 9.17) is 0 Å². The lowest BCUT2D eigenvalue weighted by atomic mass is 9.96. The molecule has 25 heavy (non-hydrogen) atoms. The number of rotatable bonds is 3. The first kappa shape index (κ1) is 16.8. The van der Waals surface area contributed by atoms with Gasteiger partial charge in [0.2, 0.25) is 0 Å². The Morgan fingerprint density at radius 1 is 1.24 bits per heavy atom. The molecule has 0 aliphatic heterocycles. The molecule has 0 radical (unpaired) electrons. The Bertz CT molecular complexity index is 862. The first-order valence-corrected chi connectivity index (χ1v) is 8.56. The van der Waals surface area contributed by atoms with Crippen LogP contribution in [-0.2, 0) is 12.8 Å². The highest BCUT2D eigenvalue weighted by Gasteiger charge is 2.21. The van der Waals surface area contributed by atoms with Crippen LogP contribution in [0.2, 0.25) is 0 Å². The second-order valence-electron chi connectivity index (χ2n) is 5.63. The molecule has 0 unspecified atom stereocenters. The molecule has 128 valence electrons. The molecule has 2 amide bonds. The molecule has 0 atom stereocenters. The Morgan fingerprint density at radius 3 is 2.68 bits per heavy atom. The van der Waals surface area contributed by atoms with Crippen LogP contribution in [0.15, 0.2) is 23.3 Å². The highest BCUT2D eigenvalue weighted by Crippen LogP contribution is 2.37. The number of amides is 2. The summed E-state index contributed by atoms with van der Waals surface area (Å²) in [5, 5.41) is 35.1.